The van der Waals surface area contributed by atoms with Gasteiger partial charge in [0.05, 0.1) is 23.3 Å². The predicted octanol–water partition coefficient (Wildman–Crippen LogP) is 3.86. The molecule has 3 aromatic rings. The van der Waals surface area contributed by atoms with E-state index >= 15 is 0 Å². The highest BCUT2D eigenvalue weighted by Gasteiger charge is 2.17. The van der Waals surface area contributed by atoms with Gasteiger partial charge in [0.1, 0.15) is 0 Å². The third-order valence-electron chi connectivity index (χ3n) is 3.44. The molecule has 1 N–H and O–H groups in total. The fourth-order valence-electron chi connectivity index (χ4n) is 2.25. The molecule has 0 fully saturated rings. The molecule has 5 nitrogen and oxygen atoms in total. The first-order valence-corrected chi connectivity index (χ1v) is 7.46. The minimum absolute atomic E-state index is 0.244. The van der Waals surface area contributed by atoms with Crippen LogP contribution in [-0.2, 0) is 6.42 Å². The molecule has 0 atom stereocenters. The third kappa shape index (κ3) is 3.29. The predicted molar refractivity (Wildman–Crippen MR) is 88.2 cm³/mol. The normalized spacial score (nSPS) is 10.5. The molecule has 2 heterocycles. The molecule has 1 amide bonds. The van der Waals surface area contributed by atoms with Crippen molar-refractivity contribution in [2.75, 3.05) is 5.32 Å². The molecule has 0 saturated carbocycles. The molecular weight excluding hydrogens is 290 g/mol. The Hall–Kier alpha value is -2.95. The van der Waals surface area contributed by atoms with Crippen molar-refractivity contribution in [1.29, 1.82) is 0 Å². The summed E-state index contributed by atoms with van der Waals surface area (Å²) >= 11 is 0. The fourth-order valence-corrected chi connectivity index (χ4v) is 2.25. The Morgan fingerprint density at radius 3 is 2.57 bits per heavy atom. The van der Waals surface area contributed by atoms with E-state index in [0.29, 0.717) is 23.7 Å². The number of aryl methyl sites for hydroxylation is 2. The molecule has 0 radical (unpaired) electrons. The molecule has 0 unspecified atom stereocenters. The topological polar surface area (TPSA) is 68.0 Å². The summed E-state index contributed by atoms with van der Waals surface area (Å²) in [5.41, 5.74) is 3.09. The van der Waals surface area contributed by atoms with Gasteiger partial charge in [0.25, 0.3) is 5.91 Å². The van der Waals surface area contributed by atoms with Crippen LogP contribution in [0.5, 0.6) is 0 Å². The van der Waals surface area contributed by atoms with Crippen LogP contribution in [0.3, 0.4) is 0 Å². The van der Waals surface area contributed by atoms with Crippen molar-refractivity contribution in [1.82, 2.24) is 9.97 Å². The summed E-state index contributed by atoms with van der Waals surface area (Å²) in [5.74, 6) is 0.489. The number of hydrogen-bond donors (Lipinski definition) is 1. The second-order valence-electron chi connectivity index (χ2n) is 5.13. The molecule has 23 heavy (non-hydrogen) atoms. The summed E-state index contributed by atoms with van der Waals surface area (Å²) in [6, 6.07) is 13.6. The van der Waals surface area contributed by atoms with E-state index < -0.39 is 0 Å². The number of nitrogens with zero attached hydrogens (tertiary/aromatic N) is 2. The Kier molecular flexibility index (Phi) is 4.19. The molecule has 2 aromatic heterocycles. The monoisotopic (exact) mass is 307 g/mol. The first kappa shape index (κ1) is 15.0. The molecule has 0 spiro atoms. The van der Waals surface area contributed by atoms with Crippen LogP contribution in [0.2, 0.25) is 0 Å². The van der Waals surface area contributed by atoms with Crippen LogP contribution in [0.1, 0.15) is 29.1 Å². The first-order valence-electron chi connectivity index (χ1n) is 7.46. The number of carbonyl (C=O) groups is 1. The van der Waals surface area contributed by atoms with Crippen LogP contribution in [0.15, 0.2) is 53.1 Å². The molecule has 0 aliphatic rings. The Balaban J connectivity index is 1.75. The van der Waals surface area contributed by atoms with Crippen molar-refractivity contribution >= 4 is 11.6 Å². The van der Waals surface area contributed by atoms with Gasteiger partial charge >= 0.3 is 0 Å². The Bertz CT molecular complexity index is 808. The highest BCUT2D eigenvalue weighted by atomic mass is 16.4. The highest BCUT2D eigenvalue weighted by molar-refractivity contribution is 6.02. The summed E-state index contributed by atoms with van der Waals surface area (Å²) in [5, 5.41) is 2.78. The number of hydrogen-bond acceptors (Lipinski definition) is 4. The zero-order valence-electron chi connectivity index (χ0n) is 13.0. The van der Waals surface area contributed by atoms with Crippen molar-refractivity contribution in [2.45, 2.75) is 20.3 Å². The van der Waals surface area contributed by atoms with Crippen LogP contribution in [-0.4, -0.2) is 15.9 Å². The van der Waals surface area contributed by atoms with Gasteiger partial charge in [-0.2, -0.15) is 0 Å². The minimum atomic E-state index is -0.316. The maximum Gasteiger partial charge on any atom is 0.293 e. The Morgan fingerprint density at radius 2 is 1.96 bits per heavy atom. The summed E-state index contributed by atoms with van der Waals surface area (Å²) in [6.45, 7) is 3.69. The largest absolute Gasteiger partial charge is 0.435 e. The highest BCUT2D eigenvalue weighted by Crippen LogP contribution is 2.19. The van der Waals surface area contributed by atoms with Crippen molar-refractivity contribution in [2.24, 2.45) is 0 Å². The molecule has 116 valence electrons. The lowest BCUT2D eigenvalue weighted by Gasteiger charge is -2.05. The number of benzene rings is 1. The standard InChI is InChI=1S/C18H17N3O2/c1-3-16-20-12(2)17(23-16)18(22)21-14-9-10-15(19-11-14)13-7-5-4-6-8-13/h4-11H,3H2,1-2H3,(H,21,22). The van der Waals surface area contributed by atoms with Gasteiger partial charge in [0.2, 0.25) is 5.76 Å². The lowest BCUT2D eigenvalue weighted by Crippen LogP contribution is -2.12. The van der Waals surface area contributed by atoms with E-state index in [-0.39, 0.29) is 11.7 Å². The van der Waals surface area contributed by atoms with Crippen LogP contribution in [0, 0.1) is 6.92 Å². The van der Waals surface area contributed by atoms with Gasteiger partial charge in [-0.05, 0) is 19.1 Å². The molecule has 0 saturated heterocycles. The van der Waals surface area contributed by atoms with Crippen LogP contribution in [0.25, 0.3) is 11.3 Å². The minimum Gasteiger partial charge on any atom is -0.435 e. The van der Waals surface area contributed by atoms with Crippen molar-refractivity contribution in [3.63, 3.8) is 0 Å². The van der Waals surface area contributed by atoms with E-state index in [4.69, 9.17) is 4.42 Å². The lowest BCUT2D eigenvalue weighted by molar-refractivity contribution is 0.0994. The van der Waals surface area contributed by atoms with Crippen molar-refractivity contribution in [3.8, 4) is 11.3 Å². The van der Waals surface area contributed by atoms with Crippen molar-refractivity contribution < 1.29 is 9.21 Å². The maximum atomic E-state index is 12.2. The first-order chi connectivity index (χ1) is 11.2. The van der Waals surface area contributed by atoms with Crippen molar-refractivity contribution in [3.05, 3.63) is 66.0 Å². The van der Waals surface area contributed by atoms with Crippen LogP contribution in [0.4, 0.5) is 5.69 Å². The van der Waals surface area contributed by atoms with Gasteiger partial charge in [0.15, 0.2) is 5.89 Å². The maximum absolute atomic E-state index is 12.2. The summed E-state index contributed by atoms with van der Waals surface area (Å²) in [7, 11) is 0. The number of carbonyl (C=O) groups excluding carboxylic acids is 1. The zero-order chi connectivity index (χ0) is 16.2. The molecule has 0 bridgehead atoms. The van der Waals surface area contributed by atoms with Gasteiger partial charge in [-0.1, -0.05) is 37.3 Å². The SMILES string of the molecule is CCc1nc(C)c(C(=O)Nc2ccc(-c3ccccc3)nc2)o1. The average molecular weight is 307 g/mol. The summed E-state index contributed by atoms with van der Waals surface area (Å²) < 4.78 is 5.45. The molecular formula is C18H17N3O2. The van der Waals surface area contributed by atoms with Crippen LogP contribution < -0.4 is 5.32 Å². The molecule has 5 heteroatoms. The number of nitrogens with one attached hydrogen (secondary N) is 1. The summed E-state index contributed by atoms with van der Waals surface area (Å²) in [4.78, 5) is 20.8. The number of oxazole rings is 1. The average Bonchev–Trinajstić information content (AvgIpc) is 2.97. The van der Waals surface area contributed by atoms with E-state index in [9.17, 15) is 4.79 Å². The second-order valence-corrected chi connectivity index (χ2v) is 5.13. The van der Waals surface area contributed by atoms with Gasteiger partial charge in [-0.3, -0.25) is 9.78 Å². The van der Waals surface area contributed by atoms with E-state index in [2.05, 4.69) is 15.3 Å². The van der Waals surface area contributed by atoms with Gasteiger partial charge in [-0.25, -0.2) is 4.98 Å². The molecule has 0 aliphatic carbocycles. The van der Waals surface area contributed by atoms with Gasteiger partial charge in [-0.15, -0.1) is 0 Å². The van der Waals surface area contributed by atoms with Crippen LogP contribution >= 0.6 is 0 Å². The van der Waals surface area contributed by atoms with E-state index in [1.54, 1.807) is 13.1 Å². The number of amides is 1. The smallest absolute Gasteiger partial charge is 0.293 e. The second kappa shape index (κ2) is 6.44. The van der Waals surface area contributed by atoms with Gasteiger partial charge in [0, 0.05) is 12.0 Å². The molecule has 3 rings (SSSR count). The number of aromatic nitrogens is 2. The zero-order valence-corrected chi connectivity index (χ0v) is 13.0. The lowest BCUT2D eigenvalue weighted by atomic mass is 10.1. The quantitative estimate of drug-likeness (QED) is 0.794. The Labute approximate surface area is 134 Å². The third-order valence-corrected chi connectivity index (χ3v) is 3.44. The number of pyridine rings is 1. The van der Waals surface area contributed by atoms with Gasteiger partial charge < -0.3 is 9.73 Å². The van der Waals surface area contributed by atoms with E-state index in [0.717, 1.165) is 11.3 Å². The number of anilines is 1. The molecule has 1 aromatic carbocycles. The summed E-state index contributed by atoms with van der Waals surface area (Å²) in [6.07, 6.45) is 2.29. The Morgan fingerprint density at radius 1 is 1.17 bits per heavy atom. The van der Waals surface area contributed by atoms with E-state index in [1.807, 2.05) is 49.4 Å². The fraction of sp³-hybridized carbons (Fsp3) is 0.167. The molecule has 0 aliphatic heterocycles. The number of rotatable bonds is 4. The van der Waals surface area contributed by atoms with E-state index in [1.165, 1.54) is 0 Å².